The fraction of sp³-hybridized carbons (Fsp3) is 0.500. The molecule has 2 fully saturated rings. The van der Waals surface area contributed by atoms with Gasteiger partial charge in [-0.3, -0.25) is 0 Å². The van der Waals surface area contributed by atoms with E-state index in [4.69, 9.17) is 0 Å². The van der Waals surface area contributed by atoms with Gasteiger partial charge in [0.1, 0.15) is 12.1 Å². The van der Waals surface area contributed by atoms with E-state index in [0.29, 0.717) is 5.92 Å². The number of hydrogen-bond acceptors (Lipinski definition) is 1. The molecule has 0 radical (unpaired) electrons. The molecule has 3 rings (SSSR count). The number of benzene rings is 1. The standard InChI is InChI=1S/C14H15FO/c15-13-6-4-11(5-7-13)14(8-12(14)9-16)10-2-1-3-10/h4-7,9-10,12H,1-3,8H2. The summed E-state index contributed by atoms with van der Waals surface area (Å²) in [5.74, 6) is 0.618. The first kappa shape index (κ1) is 10.0. The molecule has 0 N–H and O–H groups in total. The van der Waals surface area contributed by atoms with Crippen LogP contribution < -0.4 is 0 Å². The molecule has 1 aromatic rings. The SMILES string of the molecule is O=CC1CC1(c1ccc(F)cc1)C1CCC1. The van der Waals surface area contributed by atoms with Gasteiger partial charge in [0, 0.05) is 11.3 Å². The molecular formula is C14H15FO. The zero-order valence-electron chi connectivity index (χ0n) is 9.16. The van der Waals surface area contributed by atoms with Gasteiger partial charge in [-0.05, 0) is 42.9 Å². The minimum absolute atomic E-state index is 0.0632. The predicted molar refractivity (Wildman–Crippen MR) is 59.6 cm³/mol. The van der Waals surface area contributed by atoms with Crippen molar-refractivity contribution in [3.63, 3.8) is 0 Å². The zero-order chi connectivity index (χ0) is 11.2. The number of carbonyl (C=O) groups is 1. The Morgan fingerprint density at radius 2 is 1.94 bits per heavy atom. The molecule has 0 aromatic heterocycles. The van der Waals surface area contributed by atoms with E-state index in [1.165, 1.54) is 31.4 Å². The highest BCUT2D eigenvalue weighted by Gasteiger charge is 2.60. The first-order chi connectivity index (χ1) is 7.77. The van der Waals surface area contributed by atoms with Crippen LogP contribution in [-0.4, -0.2) is 6.29 Å². The zero-order valence-corrected chi connectivity index (χ0v) is 9.16. The van der Waals surface area contributed by atoms with Gasteiger partial charge in [-0.15, -0.1) is 0 Å². The number of carbonyl (C=O) groups excluding carboxylic acids is 1. The quantitative estimate of drug-likeness (QED) is 0.712. The molecule has 2 aliphatic carbocycles. The van der Waals surface area contributed by atoms with Crippen molar-refractivity contribution in [2.45, 2.75) is 31.1 Å². The Morgan fingerprint density at radius 1 is 1.25 bits per heavy atom. The molecule has 0 aliphatic heterocycles. The molecular weight excluding hydrogens is 203 g/mol. The largest absolute Gasteiger partial charge is 0.303 e. The van der Waals surface area contributed by atoms with Crippen molar-refractivity contribution in [3.8, 4) is 0 Å². The van der Waals surface area contributed by atoms with Gasteiger partial charge >= 0.3 is 0 Å². The van der Waals surface area contributed by atoms with Crippen molar-refractivity contribution in [3.05, 3.63) is 35.6 Å². The van der Waals surface area contributed by atoms with Crippen LogP contribution in [0.25, 0.3) is 0 Å². The Hall–Kier alpha value is -1.18. The van der Waals surface area contributed by atoms with Crippen LogP contribution in [0.4, 0.5) is 4.39 Å². The fourth-order valence-electron chi connectivity index (χ4n) is 3.20. The first-order valence-electron chi connectivity index (χ1n) is 5.99. The van der Waals surface area contributed by atoms with Crippen LogP contribution in [0.15, 0.2) is 24.3 Å². The Kier molecular flexibility index (Phi) is 2.13. The van der Waals surface area contributed by atoms with E-state index in [1.54, 1.807) is 0 Å². The Morgan fingerprint density at radius 3 is 2.38 bits per heavy atom. The summed E-state index contributed by atoms with van der Waals surface area (Å²) in [6.45, 7) is 0. The third-order valence-corrected chi connectivity index (χ3v) is 4.44. The summed E-state index contributed by atoms with van der Waals surface area (Å²) in [5.41, 5.74) is 1.23. The maximum absolute atomic E-state index is 12.9. The lowest BCUT2D eigenvalue weighted by Crippen LogP contribution is -2.29. The Labute approximate surface area is 94.7 Å². The van der Waals surface area contributed by atoms with Gasteiger partial charge in [0.2, 0.25) is 0 Å². The van der Waals surface area contributed by atoms with Crippen molar-refractivity contribution in [2.24, 2.45) is 11.8 Å². The average molecular weight is 218 g/mol. The molecule has 1 aromatic carbocycles. The Bertz CT molecular complexity index is 407. The summed E-state index contributed by atoms with van der Waals surface area (Å²) in [6, 6.07) is 6.74. The highest BCUT2D eigenvalue weighted by atomic mass is 19.1. The van der Waals surface area contributed by atoms with E-state index in [9.17, 15) is 9.18 Å². The van der Waals surface area contributed by atoms with Gasteiger partial charge in [0.05, 0.1) is 0 Å². The molecule has 2 saturated carbocycles. The van der Waals surface area contributed by atoms with Crippen LogP contribution in [0, 0.1) is 17.7 Å². The molecule has 2 heteroatoms. The van der Waals surface area contributed by atoms with Gasteiger partial charge in [-0.1, -0.05) is 18.6 Å². The third kappa shape index (κ3) is 1.25. The fourth-order valence-corrected chi connectivity index (χ4v) is 3.20. The minimum atomic E-state index is -0.198. The lowest BCUT2D eigenvalue weighted by molar-refractivity contribution is -0.109. The maximum atomic E-state index is 12.9. The van der Waals surface area contributed by atoms with Gasteiger partial charge in [-0.2, -0.15) is 0 Å². The van der Waals surface area contributed by atoms with E-state index >= 15 is 0 Å². The summed E-state index contributed by atoms with van der Waals surface area (Å²) in [5, 5.41) is 0. The highest BCUT2D eigenvalue weighted by Crippen LogP contribution is 2.63. The predicted octanol–water partition coefficient (Wildman–Crippen LogP) is 3.08. The smallest absolute Gasteiger partial charge is 0.124 e. The van der Waals surface area contributed by atoms with Crippen LogP contribution in [0.2, 0.25) is 0 Å². The van der Waals surface area contributed by atoms with Gasteiger partial charge < -0.3 is 4.79 Å². The van der Waals surface area contributed by atoms with Crippen molar-refractivity contribution in [2.75, 3.05) is 0 Å². The lowest BCUT2D eigenvalue weighted by Gasteiger charge is -2.35. The third-order valence-electron chi connectivity index (χ3n) is 4.44. The second kappa shape index (κ2) is 3.41. The van der Waals surface area contributed by atoms with Crippen molar-refractivity contribution in [1.82, 2.24) is 0 Å². The first-order valence-corrected chi connectivity index (χ1v) is 5.99. The van der Waals surface area contributed by atoms with Crippen LogP contribution in [-0.2, 0) is 10.2 Å². The molecule has 84 valence electrons. The number of rotatable bonds is 3. The lowest BCUT2D eigenvalue weighted by atomic mass is 9.69. The number of aldehydes is 1. The number of halogens is 1. The van der Waals surface area contributed by atoms with E-state index in [0.717, 1.165) is 18.3 Å². The maximum Gasteiger partial charge on any atom is 0.124 e. The molecule has 16 heavy (non-hydrogen) atoms. The van der Waals surface area contributed by atoms with E-state index in [-0.39, 0.29) is 17.2 Å². The van der Waals surface area contributed by atoms with Crippen LogP contribution in [0.5, 0.6) is 0 Å². The van der Waals surface area contributed by atoms with Gasteiger partial charge in [0.25, 0.3) is 0 Å². The summed E-state index contributed by atoms with van der Waals surface area (Å²) >= 11 is 0. The van der Waals surface area contributed by atoms with Crippen LogP contribution >= 0.6 is 0 Å². The summed E-state index contributed by atoms with van der Waals surface area (Å²) in [7, 11) is 0. The van der Waals surface area contributed by atoms with Gasteiger partial charge in [-0.25, -0.2) is 4.39 Å². The molecule has 0 spiro atoms. The topological polar surface area (TPSA) is 17.1 Å². The molecule has 1 nitrogen and oxygen atoms in total. The van der Waals surface area contributed by atoms with E-state index < -0.39 is 0 Å². The molecule has 0 amide bonds. The molecule has 2 atom stereocenters. The van der Waals surface area contributed by atoms with E-state index in [1.807, 2.05) is 12.1 Å². The van der Waals surface area contributed by atoms with E-state index in [2.05, 4.69) is 0 Å². The average Bonchev–Trinajstić information content (AvgIpc) is 2.92. The normalized spacial score (nSPS) is 33.2. The Balaban J connectivity index is 1.95. The highest BCUT2D eigenvalue weighted by molar-refractivity contribution is 5.65. The summed E-state index contributed by atoms with van der Waals surface area (Å²) in [6.07, 6.45) is 5.77. The molecule has 0 bridgehead atoms. The number of hydrogen-bond donors (Lipinski definition) is 0. The van der Waals surface area contributed by atoms with Crippen molar-refractivity contribution >= 4 is 6.29 Å². The summed E-state index contributed by atoms with van der Waals surface area (Å²) < 4.78 is 12.9. The monoisotopic (exact) mass is 218 g/mol. The molecule has 0 saturated heterocycles. The molecule has 2 aliphatic rings. The molecule has 0 heterocycles. The van der Waals surface area contributed by atoms with Crippen LogP contribution in [0.3, 0.4) is 0 Å². The van der Waals surface area contributed by atoms with Crippen molar-refractivity contribution < 1.29 is 9.18 Å². The summed E-state index contributed by atoms with van der Waals surface area (Å²) in [4.78, 5) is 11.0. The molecule has 2 unspecified atom stereocenters. The van der Waals surface area contributed by atoms with Gasteiger partial charge in [0.15, 0.2) is 0 Å². The van der Waals surface area contributed by atoms with Crippen molar-refractivity contribution in [1.29, 1.82) is 0 Å². The second-order valence-electron chi connectivity index (χ2n) is 5.12. The van der Waals surface area contributed by atoms with Crippen LogP contribution in [0.1, 0.15) is 31.2 Å². The second-order valence-corrected chi connectivity index (χ2v) is 5.12. The minimum Gasteiger partial charge on any atom is -0.303 e.